The van der Waals surface area contributed by atoms with Gasteiger partial charge in [-0.1, -0.05) is 0 Å². The summed E-state index contributed by atoms with van der Waals surface area (Å²) in [4.78, 5) is 16.3. The summed E-state index contributed by atoms with van der Waals surface area (Å²) in [5.74, 6) is 0. The van der Waals surface area contributed by atoms with Crippen molar-refractivity contribution in [2.45, 2.75) is 18.9 Å². The molecule has 2 aromatic heterocycles. The monoisotopic (exact) mass is 268 g/mol. The Morgan fingerprint density at radius 1 is 1.47 bits per heavy atom. The predicted octanol–water partition coefficient (Wildman–Crippen LogP) is 2.47. The largest absolute Gasteiger partial charge is 0.381 e. The highest BCUT2D eigenvalue weighted by Crippen LogP contribution is 2.21. The second-order valence-corrected chi connectivity index (χ2v) is 5.42. The normalized spacial score (nSPS) is 17.6. The molecule has 1 fully saturated rings. The Morgan fingerprint density at radius 2 is 2.24 bits per heavy atom. The van der Waals surface area contributed by atoms with Gasteiger partial charge in [-0.05, 0) is 36.5 Å². The summed E-state index contributed by atoms with van der Waals surface area (Å²) < 4.78 is 7.56. The van der Waals surface area contributed by atoms with Crippen LogP contribution >= 0.6 is 23.6 Å². The molecular formula is C11H12N2O2S2. The Labute approximate surface area is 107 Å². The van der Waals surface area contributed by atoms with Gasteiger partial charge in [0.2, 0.25) is 0 Å². The van der Waals surface area contributed by atoms with E-state index in [4.69, 9.17) is 17.0 Å². The maximum atomic E-state index is 12.4. The van der Waals surface area contributed by atoms with Gasteiger partial charge in [-0.15, -0.1) is 11.3 Å². The van der Waals surface area contributed by atoms with E-state index in [1.165, 1.54) is 11.3 Å². The van der Waals surface area contributed by atoms with Gasteiger partial charge in [-0.2, -0.15) is 0 Å². The van der Waals surface area contributed by atoms with Crippen molar-refractivity contribution in [1.82, 2.24) is 9.55 Å². The quantitative estimate of drug-likeness (QED) is 0.808. The fourth-order valence-electron chi connectivity index (χ4n) is 2.23. The molecule has 0 aliphatic carbocycles. The van der Waals surface area contributed by atoms with Crippen molar-refractivity contribution in [3.63, 3.8) is 0 Å². The van der Waals surface area contributed by atoms with Gasteiger partial charge < -0.3 is 9.72 Å². The van der Waals surface area contributed by atoms with Gasteiger partial charge in [0, 0.05) is 19.3 Å². The van der Waals surface area contributed by atoms with Crippen LogP contribution in [0.2, 0.25) is 0 Å². The highest BCUT2D eigenvalue weighted by molar-refractivity contribution is 7.71. The maximum Gasteiger partial charge on any atom is 0.263 e. The Hall–Kier alpha value is -0.980. The van der Waals surface area contributed by atoms with Crippen LogP contribution in [0, 0.1) is 4.77 Å². The summed E-state index contributed by atoms with van der Waals surface area (Å²) in [6.45, 7) is 1.40. The van der Waals surface area contributed by atoms with Crippen molar-refractivity contribution in [2.24, 2.45) is 0 Å². The molecule has 3 rings (SSSR count). The molecule has 0 spiro atoms. The number of ether oxygens (including phenoxy) is 1. The summed E-state index contributed by atoms with van der Waals surface area (Å²) in [5.41, 5.74) is 0.0249. The molecule has 1 saturated heterocycles. The van der Waals surface area contributed by atoms with Crippen molar-refractivity contribution in [2.75, 3.05) is 13.2 Å². The number of hydrogen-bond acceptors (Lipinski definition) is 4. The number of nitrogens with one attached hydrogen (secondary N) is 1. The van der Waals surface area contributed by atoms with E-state index in [0.717, 1.165) is 23.1 Å². The Morgan fingerprint density at radius 3 is 3.00 bits per heavy atom. The van der Waals surface area contributed by atoms with Crippen LogP contribution in [0.4, 0.5) is 0 Å². The van der Waals surface area contributed by atoms with E-state index in [0.29, 0.717) is 18.0 Å². The zero-order valence-electron chi connectivity index (χ0n) is 9.14. The third-order valence-electron chi connectivity index (χ3n) is 3.11. The van der Waals surface area contributed by atoms with Crippen LogP contribution in [-0.2, 0) is 4.74 Å². The van der Waals surface area contributed by atoms with Gasteiger partial charge in [0.05, 0.1) is 5.39 Å². The van der Waals surface area contributed by atoms with Gasteiger partial charge in [0.15, 0.2) is 4.77 Å². The number of rotatable bonds is 1. The first-order valence-corrected chi connectivity index (χ1v) is 6.86. The summed E-state index contributed by atoms with van der Waals surface area (Å²) >= 11 is 6.80. The predicted molar refractivity (Wildman–Crippen MR) is 70.4 cm³/mol. The van der Waals surface area contributed by atoms with E-state index in [9.17, 15) is 4.79 Å². The average molecular weight is 268 g/mol. The third-order valence-corrected chi connectivity index (χ3v) is 4.24. The SMILES string of the molecule is O=c1c2ccsc2[nH]c(=S)n1C1CCOCC1. The number of H-pyrrole nitrogens is 1. The Balaban J connectivity index is 2.20. The van der Waals surface area contributed by atoms with Crippen LogP contribution in [0.25, 0.3) is 10.2 Å². The van der Waals surface area contributed by atoms with Crippen LogP contribution in [0.15, 0.2) is 16.2 Å². The van der Waals surface area contributed by atoms with Crippen LogP contribution < -0.4 is 5.56 Å². The first-order chi connectivity index (χ1) is 8.27. The first-order valence-electron chi connectivity index (χ1n) is 5.57. The maximum absolute atomic E-state index is 12.4. The molecule has 1 aliphatic rings. The minimum absolute atomic E-state index is 0.0249. The second kappa shape index (κ2) is 4.36. The molecule has 0 unspecified atom stereocenters. The van der Waals surface area contributed by atoms with Crippen molar-refractivity contribution in [1.29, 1.82) is 0 Å². The molecule has 0 atom stereocenters. The molecule has 0 amide bonds. The van der Waals surface area contributed by atoms with Crippen molar-refractivity contribution in [3.05, 3.63) is 26.6 Å². The Kier molecular flexibility index (Phi) is 2.85. The molecule has 4 nitrogen and oxygen atoms in total. The van der Waals surface area contributed by atoms with Crippen LogP contribution in [0.5, 0.6) is 0 Å². The smallest absolute Gasteiger partial charge is 0.263 e. The van der Waals surface area contributed by atoms with Crippen LogP contribution in [0.3, 0.4) is 0 Å². The molecule has 2 aromatic rings. The van der Waals surface area contributed by atoms with Crippen LogP contribution in [0.1, 0.15) is 18.9 Å². The molecule has 6 heteroatoms. The zero-order chi connectivity index (χ0) is 11.8. The lowest BCUT2D eigenvalue weighted by Crippen LogP contribution is -2.30. The molecule has 0 bridgehead atoms. The van der Waals surface area contributed by atoms with E-state index < -0.39 is 0 Å². The third kappa shape index (κ3) is 1.86. The molecular weight excluding hydrogens is 256 g/mol. The lowest BCUT2D eigenvalue weighted by molar-refractivity contribution is 0.0681. The number of nitrogens with zero attached hydrogens (tertiary/aromatic N) is 1. The van der Waals surface area contributed by atoms with Gasteiger partial charge in [0.1, 0.15) is 4.83 Å². The standard InChI is InChI=1S/C11H12N2O2S2/c14-10-8-3-6-17-9(8)12-11(16)13(10)7-1-4-15-5-2-7/h3,6-7H,1-2,4-5H2,(H,12,16). The van der Waals surface area contributed by atoms with Gasteiger partial charge in [-0.3, -0.25) is 9.36 Å². The lowest BCUT2D eigenvalue weighted by atomic mass is 10.1. The van der Waals surface area contributed by atoms with Crippen molar-refractivity contribution < 1.29 is 4.74 Å². The fraction of sp³-hybridized carbons (Fsp3) is 0.455. The minimum atomic E-state index is 0.0249. The fourth-order valence-corrected chi connectivity index (χ4v) is 3.41. The van der Waals surface area contributed by atoms with E-state index in [1.54, 1.807) is 4.57 Å². The summed E-state index contributed by atoms with van der Waals surface area (Å²) in [6, 6.07) is 2.02. The van der Waals surface area contributed by atoms with Gasteiger partial charge in [-0.25, -0.2) is 0 Å². The van der Waals surface area contributed by atoms with E-state index >= 15 is 0 Å². The Bertz CT molecular complexity index is 649. The summed E-state index contributed by atoms with van der Waals surface area (Å²) in [6.07, 6.45) is 1.71. The number of fused-ring (bicyclic) bond motifs is 1. The van der Waals surface area contributed by atoms with E-state index in [1.807, 2.05) is 11.4 Å². The van der Waals surface area contributed by atoms with E-state index in [-0.39, 0.29) is 11.6 Å². The first kappa shape index (κ1) is 11.1. The number of aromatic nitrogens is 2. The van der Waals surface area contributed by atoms with Crippen LogP contribution in [-0.4, -0.2) is 22.8 Å². The molecule has 0 saturated carbocycles. The van der Waals surface area contributed by atoms with Crippen molar-refractivity contribution in [3.8, 4) is 0 Å². The van der Waals surface area contributed by atoms with E-state index in [2.05, 4.69) is 4.98 Å². The molecule has 3 heterocycles. The average Bonchev–Trinajstić information content (AvgIpc) is 2.78. The summed E-state index contributed by atoms with van der Waals surface area (Å²) in [7, 11) is 0. The molecule has 0 radical (unpaired) electrons. The topological polar surface area (TPSA) is 47.0 Å². The number of aromatic amines is 1. The molecule has 1 aliphatic heterocycles. The lowest BCUT2D eigenvalue weighted by Gasteiger charge is -2.24. The number of thiophene rings is 1. The highest BCUT2D eigenvalue weighted by atomic mass is 32.1. The second-order valence-electron chi connectivity index (χ2n) is 4.11. The van der Waals surface area contributed by atoms with Gasteiger partial charge in [0.25, 0.3) is 5.56 Å². The number of hydrogen-bond donors (Lipinski definition) is 1. The summed E-state index contributed by atoms with van der Waals surface area (Å²) in [5, 5.41) is 2.64. The minimum Gasteiger partial charge on any atom is -0.381 e. The van der Waals surface area contributed by atoms with Crippen molar-refractivity contribution >= 4 is 33.8 Å². The van der Waals surface area contributed by atoms with Gasteiger partial charge >= 0.3 is 0 Å². The molecule has 90 valence electrons. The molecule has 1 N–H and O–H groups in total. The molecule has 0 aromatic carbocycles. The highest BCUT2D eigenvalue weighted by Gasteiger charge is 2.19. The molecule has 17 heavy (non-hydrogen) atoms. The zero-order valence-corrected chi connectivity index (χ0v) is 10.8.